The van der Waals surface area contributed by atoms with Gasteiger partial charge in [-0.15, -0.1) is 0 Å². The summed E-state index contributed by atoms with van der Waals surface area (Å²) >= 11 is 0. The quantitative estimate of drug-likeness (QED) is 0.815. The summed E-state index contributed by atoms with van der Waals surface area (Å²) in [4.78, 5) is 40.1. The van der Waals surface area contributed by atoms with E-state index >= 15 is 0 Å². The number of hydrogen-bond donors (Lipinski definition) is 1. The van der Waals surface area contributed by atoms with Gasteiger partial charge in [-0.25, -0.2) is 4.79 Å². The van der Waals surface area contributed by atoms with Gasteiger partial charge in [-0.3, -0.25) is 9.59 Å². The van der Waals surface area contributed by atoms with Gasteiger partial charge in [0.25, 0.3) is 0 Å². The maximum atomic E-state index is 12.7. The number of anilines is 1. The monoisotopic (exact) mass is 359 g/mol. The number of carbonyl (C=O) groups is 3. The average molecular weight is 359 g/mol. The Morgan fingerprint density at radius 3 is 2.58 bits per heavy atom. The highest BCUT2D eigenvalue weighted by molar-refractivity contribution is 6.40. The van der Waals surface area contributed by atoms with Crippen molar-refractivity contribution >= 4 is 23.6 Å². The van der Waals surface area contributed by atoms with Crippen molar-refractivity contribution in [2.24, 2.45) is 0 Å². The van der Waals surface area contributed by atoms with Crippen LogP contribution in [0, 0.1) is 0 Å². The van der Waals surface area contributed by atoms with Crippen molar-refractivity contribution in [2.45, 2.75) is 45.2 Å². The molecule has 0 aromatic heterocycles. The zero-order chi connectivity index (χ0) is 18.7. The van der Waals surface area contributed by atoms with E-state index in [4.69, 9.17) is 4.74 Å². The van der Waals surface area contributed by atoms with E-state index in [1.807, 2.05) is 31.2 Å². The lowest BCUT2D eigenvalue weighted by molar-refractivity contribution is -0.138. The molecule has 7 nitrogen and oxygen atoms in total. The highest BCUT2D eigenvalue weighted by Crippen LogP contribution is 2.31. The van der Waals surface area contributed by atoms with Crippen LogP contribution in [0.1, 0.15) is 32.3 Å². The molecule has 1 fully saturated rings. The fourth-order valence-electron chi connectivity index (χ4n) is 3.65. The predicted octanol–water partition coefficient (Wildman–Crippen LogP) is 1.70. The van der Waals surface area contributed by atoms with Gasteiger partial charge in [-0.2, -0.15) is 0 Å². The minimum atomic E-state index is -0.580. The Kier molecular flexibility index (Phi) is 5.44. The van der Waals surface area contributed by atoms with Crippen molar-refractivity contribution in [3.8, 4) is 0 Å². The standard InChI is InChI=1S/C19H25N3O4/c1-3-26-19(25)21-10-8-15(9-11-21)20-17(23)18(24)22-13(2)12-14-6-4-5-7-16(14)22/h4-7,13,15H,3,8-12H2,1-2H3,(H,20,23). The molecular weight excluding hydrogens is 334 g/mol. The summed E-state index contributed by atoms with van der Waals surface area (Å²) in [6.07, 6.45) is 1.66. The van der Waals surface area contributed by atoms with Gasteiger partial charge in [0, 0.05) is 30.9 Å². The van der Waals surface area contributed by atoms with Crippen LogP contribution in [-0.2, 0) is 20.7 Å². The van der Waals surface area contributed by atoms with Crippen LogP contribution in [0.5, 0.6) is 0 Å². The van der Waals surface area contributed by atoms with E-state index in [0.29, 0.717) is 32.5 Å². The number of carbonyl (C=O) groups excluding carboxylic acids is 3. The Labute approximate surface area is 153 Å². The summed E-state index contributed by atoms with van der Waals surface area (Å²) in [5.41, 5.74) is 1.90. The molecule has 1 saturated heterocycles. The highest BCUT2D eigenvalue weighted by Gasteiger charge is 2.35. The molecule has 3 rings (SSSR count). The number of ether oxygens (including phenoxy) is 1. The lowest BCUT2D eigenvalue weighted by Gasteiger charge is -2.32. The van der Waals surface area contributed by atoms with Gasteiger partial charge in [-0.05, 0) is 44.7 Å². The molecule has 1 atom stereocenters. The SMILES string of the molecule is CCOC(=O)N1CCC(NC(=O)C(=O)N2c3ccccc3CC2C)CC1. The Morgan fingerprint density at radius 2 is 1.88 bits per heavy atom. The molecule has 0 radical (unpaired) electrons. The van der Waals surface area contributed by atoms with E-state index in [9.17, 15) is 14.4 Å². The normalized spacial score (nSPS) is 19.8. The second-order valence-corrected chi connectivity index (χ2v) is 6.79. The van der Waals surface area contributed by atoms with Gasteiger partial charge < -0.3 is 19.9 Å². The Balaban J connectivity index is 1.56. The number of amides is 3. The molecule has 2 aliphatic heterocycles. The molecule has 1 aromatic carbocycles. The van der Waals surface area contributed by atoms with E-state index in [1.165, 1.54) is 0 Å². The molecule has 0 aliphatic carbocycles. The predicted molar refractivity (Wildman–Crippen MR) is 96.9 cm³/mol. The van der Waals surface area contributed by atoms with Crippen molar-refractivity contribution in [1.29, 1.82) is 0 Å². The molecule has 2 aliphatic rings. The summed E-state index contributed by atoms with van der Waals surface area (Å²) in [7, 11) is 0. The van der Waals surface area contributed by atoms with E-state index in [1.54, 1.807) is 16.7 Å². The zero-order valence-electron chi connectivity index (χ0n) is 15.2. The average Bonchev–Trinajstić information content (AvgIpc) is 2.97. The van der Waals surface area contributed by atoms with Crippen molar-refractivity contribution < 1.29 is 19.1 Å². The molecule has 1 aromatic rings. The minimum absolute atomic E-state index is 0.0312. The maximum absolute atomic E-state index is 12.7. The van der Waals surface area contributed by atoms with Gasteiger partial charge in [0.05, 0.1) is 6.61 Å². The topological polar surface area (TPSA) is 79.0 Å². The van der Waals surface area contributed by atoms with E-state index in [0.717, 1.165) is 17.7 Å². The third-order valence-corrected chi connectivity index (χ3v) is 4.98. The first-order valence-electron chi connectivity index (χ1n) is 9.15. The van der Waals surface area contributed by atoms with Gasteiger partial charge in [-0.1, -0.05) is 18.2 Å². The first-order chi connectivity index (χ1) is 12.5. The van der Waals surface area contributed by atoms with Crippen molar-refractivity contribution in [3.63, 3.8) is 0 Å². The summed E-state index contributed by atoms with van der Waals surface area (Å²) < 4.78 is 4.99. The molecule has 140 valence electrons. The summed E-state index contributed by atoms with van der Waals surface area (Å²) in [6, 6.07) is 7.54. The number of nitrogens with zero attached hydrogens (tertiary/aromatic N) is 2. The van der Waals surface area contributed by atoms with Crippen LogP contribution in [0.4, 0.5) is 10.5 Å². The smallest absolute Gasteiger partial charge is 0.409 e. The van der Waals surface area contributed by atoms with Crippen LogP contribution in [0.2, 0.25) is 0 Å². The first kappa shape index (κ1) is 18.2. The summed E-state index contributed by atoms with van der Waals surface area (Å²) in [5.74, 6) is -1.10. The number of likely N-dealkylation sites (tertiary alicyclic amines) is 1. The molecule has 1 N–H and O–H groups in total. The number of piperidine rings is 1. The Bertz CT molecular complexity index is 698. The lowest BCUT2D eigenvalue weighted by atomic mass is 10.1. The summed E-state index contributed by atoms with van der Waals surface area (Å²) in [5, 5.41) is 2.83. The molecule has 0 saturated carbocycles. The number of para-hydroxylation sites is 1. The highest BCUT2D eigenvalue weighted by atomic mass is 16.6. The molecule has 1 unspecified atom stereocenters. The van der Waals surface area contributed by atoms with Crippen LogP contribution in [-0.4, -0.2) is 54.6 Å². The largest absolute Gasteiger partial charge is 0.450 e. The van der Waals surface area contributed by atoms with Crippen LogP contribution < -0.4 is 10.2 Å². The van der Waals surface area contributed by atoms with Crippen molar-refractivity contribution in [1.82, 2.24) is 10.2 Å². The third-order valence-electron chi connectivity index (χ3n) is 4.98. The minimum Gasteiger partial charge on any atom is -0.450 e. The first-order valence-corrected chi connectivity index (χ1v) is 9.15. The van der Waals surface area contributed by atoms with Gasteiger partial charge in [0.15, 0.2) is 0 Å². The lowest BCUT2D eigenvalue weighted by Crippen LogP contribution is -2.51. The van der Waals surface area contributed by atoms with E-state index in [2.05, 4.69) is 5.32 Å². The second kappa shape index (κ2) is 7.76. The summed E-state index contributed by atoms with van der Waals surface area (Å²) in [6.45, 7) is 5.10. The molecule has 3 amide bonds. The molecule has 0 spiro atoms. The number of hydrogen-bond acceptors (Lipinski definition) is 4. The van der Waals surface area contributed by atoms with Crippen LogP contribution in [0.25, 0.3) is 0 Å². The molecule has 7 heteroatoms. The number of rotatable bonds is 2. The Morgan fingerprint density at radius 1 is 1.19 bits per heavy atom. The maximum Gasteiger partial charge on any atom is 0.409 e. The van der Waals surface area contributed by atoms with Gasteiger partial charge in [0.1, 0.15) is 0 Å². The fourth-order valence-corrected chi connectivity index (χ4v) is 3.65. The molecule has 26 heavy (non-hydrogen) atoms. The zero-order valence-corrected chi connectivity index (χ0v) is 15.2. The van der Waals surface area contributed by atoms with Crippen molar-refractivity contribution in [2.75, 3.05) is 24.6 Å². The number of nitrogens with one attached hydrogen (secondary N) is 1. The number of fused-ring (bicyclic) bond motifs is 1. The van der Waals surface area contributed by atoms with E-state index < -0.39 is 11.8 Å². The van der Waals surface area contributed by atoms with Crippen LogP contribution in [0.3, 0.4) is 0 Å². The molecule has 2 heterocycles. The van der Waals surface area contributed by atoms with Gasteiger partial charge in [0.2, 0.25) is 0 Å². The van der Waals surface area contributed by atoms with Crippen LogP contribution in [0.15, 0.2) is 24.3 Å². The Hall–Kier alpha value is -2.57. The number of benzene rings is 1. The fraction of sp³-hybridized carbons (Fsp3) is 0.526. The molecular formula is C19H25N3O4. The second-order valence-electron chi connectivity index (χ2n) is 6.79. The third kappa shape index (κ3) is 3.66. The van der Waals surface area contributed by atoms with E-state index in [-0.39, 0.29) is 18.2 Å². The molecule has 0 bridgehead atoms. The van der Waals surface area contributed by atoms with Crippen LogP contribution >= 0.6 is 0 Å². The van der Waals surface area contributed by atoms with Crippen molar-refractivity contribution in [3.05, 3.63) is 29.8 Å². The van der Waals surface area contributed by atoms with Gasteiger partial charge >= 0.3 is 17.9 Å².